The summed E-state index contributed by atoms with van der Waals surface area (Å²) in [6.45, 7) is 5.66. The molecular formula is C16H22FNO3. The zero-order valence-corrected chi connectivity index (χ0v) is 12.7. The van der Waals surface area contributed by atoms with Crippen LogP contribution in [0.2, 0.25) is 0 Å². The quantitative estimate of drug-likeness (QED) is 0.841. The van der Waals surface area contributed by atoms with E-state index in [0.29, 0.717) is 5.56 Å². The molecule has 5 heteroatoms. The standard InChI is InChI=1S/C16H22FNO3/c1-11(2)18(9-8-16(20)21)15(19)10-12(3)13-6-4-5-7-14(13)17/h4-7,11-12H,8-10H2,1-3H3,(H,20,21). The van der Waals surface area contributed by atoms with Crippen LogP contribution in [0.5, 0.6) is 0 Å². The number of halogens is 1. The first kappa shape index (κ1) is 17.1. The summed E-state index contributed by atoms with van der Waals surface area (Å²) in [4.78, 5) is 24.5. The topological polar surface area (TPSA) is 57.6 Å². The summed E-state index contributed by atoms with van der Waals surface area (Å²) < 4.78 is 13.7. The smallest absolute Gasteiger partial charge is 0.305 e. The number of hydrogen-bond donors (Lipinski definition) is 1. The number of benzene rings is 1. The van der Waals surface area contributed by atoms with E-state index in [1.165, 1.54) is 11.0 Å². The lowest BCUT2D eigenvalue weighted by atomic mass is 9.96. The molecule has 0 aliphatic carbocycles. The van der Waals surface area contributed by atoms with Crippen molar-refractivity contribution >= 4 is 11.9 Å². The highest BCUT2D eigenvalue weighted by Crippen LogP contribution is 2.23. The van der Waals surface area contributed by atoms with Crippen molar-refractivity contribution in [2.75, 3.05) is 6.54 Å². The first-order valence-electron chi connectivity index (χ1n) is 7.08. The molecule has 4 nitrogen and oxygen atoms in total. The van der Waals surface area contributed by atoms with Gasteiger partial charge in [0.2, 0.25) is 5.91 Å². The van der Waals surface area contributed by atoms with Crippen LogP contribution in [0.3, 0.4) is 0 Å². The van der Waals surface area contributed by atoms with Gasteiger partial charge in [0, 0.05) is 19.0 Å². The van der Waals surface area contributed by atoms with E-state index in [1.54, 1.807) is 25.1 Å². The van der Waals surface area contributed by atoms with Crippen molar-refractivity contribution in [3.63, 3.8) is 0 Å². The molecule has 1 atom stereocenters. The van der Waals surface area contributed by atoms with Crippen LogP contribution in [-0.4, -0.2) is 34.5 Å². The molecule has 21 heavy (non-hydrogen) atoms. The molecule has 1 rings (SSSR count). The van der Waals surface area contributed by atoms with Crippen molar-refractivity contribution in [2.24, 2.45) is 0 Å². The van der Waals surface area contributed by atoms with E-state index in [1.807, 2.05) is 13.8 Å². The number of aliphatic carboxylic acids is 1. The predicted molar refractivity (Wildman–Crippen MR) is 78.5 cm³/mol. The average Bonchev–Trinajstić information content (AvgIpc) is 2.38. The molecule has 0 aliphatic rings. The third kappa shape index (κ3) is 5.17. The fourth-order valence-electron chi connectivity index (χ4n) is 2.25. The Balaban J connectivity index is 2.72. The van der Waals surface area contributed by atoms with Gasteiger partial charge in [-0.1, -0.05) is 25.1 Å². The average molecular weight is 295 g/mol. The van der Waals surface area contributed by atoms with E-state index in [-0.39, 0.29) is 43.1 Å². The summed E-state index contributed by atoms with van der Waals surface area (Å²) in [5.74, 6) is -1.65. The Bertz CT molecular complexity index is 502. The molecule has 1 unspecified atom stereocenters. The number of carbonyl (C=O) groups excluding carboxylic acids is 1. The molecule has 1 N–H and O–H groups in total. The normalized spacial score (nSPS) is 12.2. The molecular weight excluding hydrogens is 273 g/mol. The van der Waals surface area contributed by atoms with E-state index in [0.717, 1.165) is 0 Å². The zero-order valence-electron chi connectivity index (χ0n) is 12.7. The summed E-state index contributed by atoms with van der Waals surface area (Å²) >= 11 is 0. The van der Waals surface area contributed by atoms with Crippen molar-refractivity contribution in [2.45, 2.75) is 45.6 Å². The van der Waals surface area contributed by atoms with E-state index in [2.05, 4.69) is 0 Å². The van der Waals surface area contributed by atoms with Gasteiger partial charge in [-0.05, 0) is 31.4 Å². The van der Waals surface area contributed by atoms with Crippen molar-refractivity contribution < 1.29 is 19.1 Å². The van der Waals surface area contributed by atoms with Gasteiger partial charge in [-0.25, -0.2) is 4.39 Å². The summed E-state index contributed by atoms with van der Waals surface area (Å²) in [5, 5.41) is 8.73. The largest absolute Gasteiger partial charge is 0.481 e. The molecule has 116 valence electrons. The molecule has 0 radical (unpaired) electrons. The van der Waals surface area contributed by atoms with Crippen LogP contribution >= 0.6 is 0 Å². The number of rotatable bonds is 7. The first-order valence-corrected chi connectivity index (χ1v) is 7.08. The van der Waals surface area contributed by atoms with Crippen LogP contribution in [0.15, 0.2) is 24.3 Å². The molecule has 0 aromatic heterocycles. The minimum absolute atomic E-state index is 0.0790. The molecule has 1 aromatic carbocycles. The van der Waals surface area contributed by atoms with Gasteiger partial charge in [-0.2, -0.15) is 0 Å². The second-order valence-electron chi connectivity index (χ2n) is 5.45. The molecule has 0 fully saturated rings. The summed E-state index contributed by atoms with van der Waals surface area (Å²) in [7, 11) is 0. The molecule has 1 amide bonds. The van der Waals surface area contributed by atoms with Gasteiger partial charge in [0.05, 0.1) is 6.42 Å². The van der Waals surface area contributed by atoms with E-state index >= 15 is 0 Å². The number of hydrogen-bond acceptors (Lipinski definition) is 2. The highest BCUT2D eigenvalue weighted by molar-refractivity contribution is 5.78. The van der Waals surface area contributed by atoms with Gasteiger partial charge in [0.25, 0.3) is 0 Å². The van der Waals surface area contributed by atoms with Gasteiger partial charge < -0.3 is 10.0 Å². The van der Waals surface area contributed by atoms with Gasteiger partial charge in [0.1, 0.15) is 5.82 Å². The van der Waals surface area contributed by atoms with Crippen LogP contribution in [0, 0.1) is 5.82 Å². The third-order valence-electron chi connectivity index (χ3n) is 3.43. The lowest BCUT2D eigenvalue weighted by molar-refractivity contribution is -0.139. The Hall–Kier alpha value is -1.91. The highest BCUT2D eigenvalue weighted by Gasteiger charge is 2.21. The predicted octanol–water partition coefficient (Wildman–Crippen LogP) is 3.03. The Morgan fingerprint density at radius 3 is 2.38 bits per heavy atom. The summed E-state index contributed by atoms with van der Waals surface area (Å²) in [6.07, 6.45) is 0.0801. The van der Waals surface area contributed by atoms with Crippen LogP contribution in [0.4, 0.5) is 4.39 Å². The van der Waals surface area contributed by atoms with Crippen molar-refractivity contribution in [3.8, 4) is 0 Å². The number of amides is 1. The fourth-order valence-corrected chi connectivity index (χ4v) is 2.25. The third-order valence-corrected chi connectivity index (χ3v) is 3.43. The fraction of sp³-hybridized carbons (Fsp3) is 0.500. The van der Waals surface area contributed by atoms with Crippen LogP contribution in [-0.2, 0) is 9.59 Å². The Morgan fingerprint density at radius 1 is 1.24 bits per heavy atom. The Morgan fingerprint density at radius 2 is 1.86 bits per heavy atom. The van der Waals surface area contributed by atoms with Gasteiger partial charge in [-0.15, -0.1) is 0 Å². The van der Waals surface area contributed by atoms with E-state index in [4.69, 9.17) is 5.11 Å². The molecule has 0 spiro atoms. The second-order valence-corrected chi connectivity index (χ2v) is 5.45. The second kappa shape index (κ2) is 7.76. The molecule has 0 aliphatic heterocycles. The monoisotopic (exact) mass is 295 g/mol. The molecule has 0 heterocycles. The van der Waals surface area contributed by atoms with Crippen molar-refractivity contribution in [1.29, 1.82) is 0 Å². The Labute approximate surface area is 124 Å². The lowest BCUT2D eigenvalue weighted by Gasteiger charge is -2.27. The number of nitrogens with zero attached hydrogens (tertiary/aromatic N) is 1. The highest BCUT2D eigenvalue weighted by atomic mass is 19.1. The van der Waals surface area contributed by atoms with E-state index in [9.17, 15) is 14.0 Å². The minimum Gasteiger partial charge on any atom is -0.481 e. The number of carbonyl (C=O) groups is 2. The SMILES string of the molecule is CC(CC(=O)N(CCC(=O)O)C(C)C)c1ccccc1F. The first-order chi connectivity index (χ1) is 9.82. The van der Waals surface area contributed by atoms with Gasteiger partial charge in [-0.3, -0.25) is 9.59 Å². The maximum Gasteiger partial charge on any atom is 0.305 e. The number of carboxylic acids is 1. The molecule has 0 saturated heterocycles. The van der Waals surface area contributed by atoms with Crippen LogP contribution in [0.1, 0.15) is 45.1 Å². The van der Waals surface area contributed by atoms with Crippen molar-refractivity contribution in [3.05, 3.63) is 35.6 Å². The van der Waals surface area contributed by atoms with Crippen LogP contribution < -0.4 is 0 Å². The number of carboxylic acid groups (broad SMARTS) is 1. The molecule has 0 bridgehead atoms. The van der Waals surface area contributed by atoms with Crippen LogP contribution in [0.25, 0.3) is 0 Å². The molecule has 1 aromatic rings. The maximum absolute atomic E-state index is 13.7. The Kier molecular flexibility index (Phi) is 6.34. The van der Waals surface area contributed by atoms with Gasteiger partial charge >= 0.3 is 5.97 Å². The van der Waals surface area contributed by atoms with Crippen molar-refractivity contribution in [1.82, 2.24) is 4.90 Å². The molecule has 0 saturated carbocycles. The maximum atomic E-state index is 13.7. The lowest BCUT2D eigenvalue weighted by Crippen LogP contribution is -2.39. The summed E-state index contributed by atoms with van der Waals surface area (Å²) in [5.41, 5.74) is 0.507. The summed E-state index contributed by atoms with van der Waals surface area (Å²) in [6, 6.07) is 6.32. The minimum atomic E-state index is -0.935. The van der Waals surface area contributed by atoms with E-state index < -0.39 is 5.97 Å². The van der Waals surface area contributed by atoms with Gasteiger partial charge in [0.15, 0.2) is 0 Å². The zero-order chi connectivity index (χ0) is 16.0.